The second kappa shape index (κ2) is 6.58. The summed E-state index contributed by atoms with van der Waals surface area (Å²) in [6.07, 6.45) is 0.726. The van der Waals surface area contributed by atoms with Crippen LogP contribution in [0.25, 0.3) is 0 Å². The average molecular weight is 295 g/mol. The fraction of sp³-hybridized carbons (Fsp3) is 0.733. The first-order chi connectivity index (χ1) is 9.93. The van der Waals surface area contributed by atoms with E-state index in [0.717, 1.165) is 11.3 Å². The largest absolute Gasteiger partial charge is 0.383 e. The first-order valence-electron chi connectivity index (χ1n) is 7.48. The Morgan fingerprint density at radius 2 is 2.24 bits per heavy atom. The smallest absolute Gasteiger partial charge is 0.270 e. The lowest BCUT2D eigenvalue weighted by Gasteiger charge is -2.24. The van der Waals surface area contributed by atoms with E-state index in [1.54, 1.807) is 11.8 Å². The molecule has 0 radical (unpaired) electrons. The molecule has 1 aliphatic heterocycles. The molecular formula is C15H25N3O3. The van der Waals surface area contributed by atoms with Gasteiger partial charge >= 0.3 is 0 Å². The zero-order valence-electron chi connectivity index (χ0n) is 13.5. The van der Waals surface area contributed by atoms with Crippen molar-refractivity contribution < 1.29 is 14.3 Å². The van der Waals surface area contributed by atoms with Crippen molar-refractivity contribution >= 4 is 5.91 Å². The Hall–Kier alpha value is -1.40. The number of fused-ring (bicyclic) bond motifs is 1. The first-order valence-corrected chi connectivity index (χ1v) is 7.48. The molecule has 1 N–H and O–H groups in total. The van der Waals surface area contributed by atoms with E-state index < -0.39 is 0 Å². The Bertz CT molecular complexity index is 511. The molecule has 0 saturated heterocycles. The monoisotopic (exact) mass is 295 g/mol. The second-order valence-electron chi connectivity index (χ2n) is 5.85. The summed E-state index contributed by atoms with van der Waals surface area (Å²) in [6, 6.07) is 0.0913. The second-order valence-corrected chi connectivity index (χ2v) is 5.85. The van der Waals surface area contributed by atoms with E-state index in [1.807, 2.05) is 27.7 Å². The molecule has 1 aromatic rings. The van der Waals surface area contributed by atoms with Crippen molar-refractivity contribution in [1.82, 2.24) is 15.1 Å². The van der Waals surface area contributed by atoms with E-state index in [-0.39, 0.29) is 24.2 Å². The van der Waals surface area contributed by atoms with Crippen LogP contribution in [0.5, 0.6) is 0 Å². The van der Waals surface area contributed by atoms with Crippen LogP contribution in [0, 0.1) is 0 Å². The van der Waals surface area contributed by atoms with Gasteiger partial charge in [-0.2, -0.15) is 5.10 Å². The van der Waals surface area contributed by atoms with Crippen LogP contribution in [-0.4, -0.2) is 41.6 Å². The van der Waals surface area contributed by atoms with E-state index in [0.29, 0.717) is 25.3 Å². The number of nitrogens with zero attached hydrogens (tertiary/aromatic N) is 2. The van der Waals surface area contributed by atoms with Gasteiger partial charge in [-0.25, -0.2) is 0 Å². The van der Waals surface area contributed by atoms with Crippen molar-refractivity contribution in [2.75, 3.05) is 13.7 Å². The zero-order chi connectivity index (χ0) is 15.6. The van der Waals surface area contributed by atoms with Gasteiger partial charge in [0.2, 0.25) is 0 Å². The van der Waals surface area contributed by atoms with Crippen molar-refractivity contribution in [3.63, 3.8) is 0 Å². The van der Waals surface area contributed by atoms with Gasteiger partial charge in [0.15, 0.2) is 0 Å². The summed E-state index contributed by atoms with van der Waals surface area (Å²) in [4.78, 5) is 12.5. The molecule has 2 atom stereocenters. The van der Waals surface area contributed by atoms with Crippen molar-refractivity contribution in [2.45, 2.75) is 58.9 Å². The average Bonchev–Trinajstić information content (AvgIpc) is 2.74. The number of methoxy groups -OCH3 is 1. The summed E-state index contributed by atoms with van der Waals surface area (Å²) in [5.74, 6) is -0.0730. The standard InChI is InChI=1S/C15H25N3O3/c1-9(2)16-15(19)14-12-8-10(3)21-11(4)13(12)17-18(14)6-7-20-5/h9-11H,6-8H2,1-5H3,(H,16,19)/t10-,11+/m0/s1. The molecule has 21 heavy (non-hydrogen) atoms. The molecule has 1 aromatic heterocycles. The fourth-order valence-corrected chi connectivity index (χ4v) is 2.72. The minimum Gasteiger partial charge on any atom is -0.383 e. The van der Waals surface area contributed by atoms with E-state index in [1.165, 1.54) is 0 Å². The van der Waals surface area contributed by atoms with Gasteiger partial charge in [0.05, 0.1) is 31.1 Å². The molecule has 1 amide bonds. The SMILES string of the molecule is COCCn1nc2c(c1C(=O)NC(C)C)C[C@H](C)O[C@@H]2C. The van der Waals surface area contributed by atoms with Gasteiger partial charge in [-0.15, -0.1) is 0 Å². The number of amides is 1. The summed E-state index contributed by atoms with van der Waals surface area (Å²) in [7, 11) is 1.64. The molecule has 6 nitrogen and oxygen atoms in total. The molecule has 6 heteroatoms. The van der Waals surface area contributed by atoms with Crippen molar-refractivity contribution in [1.29, 1.82) is 0 Å². The maximum absolute atomic E-state index is 12.5. The minimum absolute atomic E-state index is 0.0730. The van der Waals surface area contributed by atoms with Crippen LogP contribution in [0.1, 0.15) is 55.5 Å². The molecule has 2 heterocycles. The Balaban J connectivity index is 2.41. The number of ether oxygens (including phenoxy) is 2. The van der Waals surface area contributed by atoms with E-state index in [4.69, 9.17) is 9.47 Å². The number of hydrogen-bond acceptors (Lipinski definition) is 4. The van der Waals surface area contributed by atoms with Crippen molar-refractivity contribution in [3.8, 4) is 0 Å². The molecule has 0 aliphatic carbocycles. The van der Waals surface area contributed by atoms with Gasteiger partial charge in [-0.1, -0.05) is 0 Å². The maximum Gasteiger partial charge on any atom is 0.270 e. The highest BCUT2D eigenvalue weighted by atomic mass is 16.5. The highest BCUT2D eigenvalue weighted by Crippen LogP contribution is 2.31. The molecule has 0 fully saturated rings. The quantitative estimate of drug-likeness (QED) is 0.898. The van der Waals surface area contributed by atoms with Gasteiger partial charge in [-0.05, 0) is 27.7 Å². The molecule has 0 bridgehead atoms. The van der Waals surface area contributed by atoms with E-state index in [9.17, 15) is 4.79 Å². The number of hydrogen-bond donors (Lipinski definition) is 1. The lowest BCUT2D eigenvalue weighted by molar-refractivity contribution is -0.00716. The minimum atomic E-state index is -0.0851. The van der Waals surface area contributed by atoms with Crippen LogP contribution < -0.4 is 5.32 Å². The Morgan fingerprint density at radius 1 is 1.52 bits per heavy atom. The number of nitrogens with one attached hydrogen (secondary N) is 1. The summed E-state index contributed by atoms with van der Waals surface area (Å²) in [6.45, 7) is 8.99. The van der Waals surface area contributed by atoms with E-state index in [2.05, 4.69) is 10.4 Å². The molecular weight excluding hydrogens is 270 g/mol. The Morgan fingerprint density at radius 3 is 2.86 bits per heavy atom. The van der Waals surface area contributed by atoms with Gasteiger partial charge in [0, 0.05) is 25.1 Å². The van der Waals surface area contributed by atoms with Crippen LogP contribution in [0.4, 0.5) is 0 Å². The summed E-state index contributed by atoms with van der Waals surface area (Å²) in [5, 5.41) is 7.54. The van der Waals surface area contributed by atoms with Crippen LogP contribution in [-0.2, 0) is 22.4 Å². The predicted molar refractivity (Wildman–Crippen MR) is 79.4 cm³/mol. The third-order valence-electron chi connectivity index (χ3n) is 3.54. The predicted octanol–water partition coefficient (Wildman–Crippen LogP) is 1.69. The van der Waals surface area contributed by atoms with Crippen LogP contribution in [0.15, 0.2) is 0 Å². The van der Waals surface area contributed by atoms with Crippen LogP contribution >= 0.6 is 0 Å². The highest BCUT2D eigenvalue weighted by molar-refractivity contribution is 5.94. The van der Waals surface area contributed by atoms with Gasteiger partial charge in [-0.3, -0.25) is 9.48 Å². The normalized spacial score (nSPS) is 21.4. The lowest BCUT2D eigenvalue weighted by Crippen LogP contribution is -2.33. The molecule has 0 unspecified atom stereocenters. The van der Waals surface area contributed by atoms with Gasteiger partial charge in [0.1, 0.15) is 5.69 Å². The van der Waals surface area contributed by atoms with Crippen LogP contribution in [0.3, 0.4) is 0 Å². The Kier molecular flexibility index (Phi) is 5.00. The maximum atomic E-state index is 12.5. The zero-order valence-corrected chi connectivity index (χ0v) is 13.5. The van der Waals surface area contributed by atoms with Gasteiger partial charge < -0.3 is 14.8 Å². The van der Waals surface area contributed by atoms with E-state index >= 15 is 0 Å². The molecule has 0 spiro atoms. The third kappa shape index (κ3) is 3.44. The summed E-state index contributed by atoms with van der Waals surface area (Å²) >= 11 is 0. The topological polar surface area (TPSA) is 65.4 Å². The highest BCUT2D eigenvalue weighted by Gasteiger charge is 2.32. The number of carbonyl (C=O) groups is 1. The number of rotatable bonds is 5. The molecule has 2 rings (SSSR count). The van der Waals surface area contributed by atoms with Crippen LogP contribution in [0.2, 0.25) is 0 Å². The number of aromatic nitrogens is 2. The van der Waals surface area contributed by atoms with Crippen molar-refractivity contribution in [2.24, 2.45) is 0 Å². The molecule has 0 saturated carbocycles. The van der Waals surface area contributed by atoms with Crippen molar-refractivity contribution in [3.05, 3.63) is 17.0 Å². The molecule has 0 aromatic carbocycles. The fourth-order valence-electron chi connectivity index (χ4n) is 2.72. The summed E-state index contributed by atoms with van der Waals surface area (Å²) < 4.78 is 12.7. The van der Waals surface area contributed by atoms with Gasteiger partial charge in [0.25, 0.3) is 5.91 Å². The molecule has 118 valence electrons. The number of carbonyl (C=O) groups excluding carboxylic acids is 1. The first kappa shape index (κ1) is 16.0. The third-order valence-corrected chi connectivity index (χ3v) is 3.54. The lowest BCUT2D eigenvalue weighted by atomic mass is 9.99. The summed E-state index contributed by atoms with van der Waals surface area (Å²) in [5.41, 5.74) is 2.53. The molecule has 1 aliphatic rings. The Labute approximate surface area is 125 Å².